The second kappa shape index (κ2) is 6.44. The molecule has 3 heteroatoms. The fourth-order valence-corrected chi connectivity index (χ4v) is 2.16. The van der Waals surface area contributed by atoms with E-state index in [2.05, 4.69) is 26.0 Å². The van der Waals surface area contributed by atoms with Crippen molar-refractivity contribution >= 4 is 17.3 Å². The summed E-state index contributed by atoms with van der Waals surface area (Å²) in [5.41, 5.74) is 9.53. The Kier molecular flexibility index (Phi) is 4.63. The third-order valence-electron chi connectivity index (χ3n) is 3.66. The van der Waals surface area contributed by atoms with E-state index in [4.69, 9.17) is 5.73 Å². The van der Waals surface area contributed by atoms with Gasteiger partial charge in [-0.3, -0.25) is 4.79 Å². The Labute approximate surface area is 126 Å². The van der Waals surface area contributed by atoms with Gasteiger partial charge in [0.05, 0.1) is 6.42 Å². The minimum Gasteiger partial charge on any atom is -0.399 e. The van der Waals surface area contributed by atoms with Crippen LogP contribution in [0, 0.1) is 0 Å². The van der Waals surface area contributed by atoms with E-state index in [0.29, 0.717) is 18.0 Å². The maximum absolute atomic E-state index is 12.3. The highest BCUT2D eigenvalue weighted by atomic mass is 16.2. The molecule has 0 heterocycles. The molecule has 3 nitrogen and oxygen atoms in total. The molecule has 110 valence electrons. The second-order valence-electron chi connectivity index (χ2n) is 5.62. The number of carbonyl (C=O) groups excluding carboxylic acids is 1. The predicted octanol–water partition coefficient (Wildman–Crippen LogP) is 3.60. The highest BCUT2D eigenvalue weighted by molar-refractivity contribution is 5.94. The monoisotopic (exact) mass is 282 g/mol. The van der Waals surface area contributed by atoms with Gasteiger partial charge in [0.15, 0.2) is 0 Å². The number of hydrogen-bond donors (Lipinski definition) is 1. The van der Waals surface area contributed by atoms with Crippen LogP contribution in [-0.4, -0.2) is 13.0 Å². The normalized spacial score (nSPS) is 10.7. The zero-order chi connectivity index (χ0) is 15.4. The minimum absolute atomic E-state index is 0.0667. The van der Waals surface area contributed by atoms with Crippen molar-refractivity contribution in [3.8, 4) is 0 Å². The molecule has 0 aliphatic rings. The molecule has 0 aliphatic heterocycles. The van der Waals surface area contributed by atoms with Crippen LogP contribution in [0.3, 0.4) is 0 Å². The first-order valence-corrected chi connectivity index (χ1v) is 7.18. The standard InChI is InChI=1S/C18H22N2O/c1-13(2)15-6-10-17(11-7-15)20(3)18(21)12-14-4-8-16(19)9-5-14/h4-11,13H,12,19H2,1-3H3. The Bertz CT molecular complexity index is 600. The molecule has 0 spiro atoms. The third kappa shape index (κ3) is 3.85. The van der Waals surface area contributed by atoms with E-state index in [1.54, 1.807) is 4.90 Å². The van der Waals surface area contributed by atoms with Gasteiger partial charge in [-0.15, -0.1) is 0 Å². The van der Waals surface area contributed by atoms with E-state index in [1.165, 1.54) is 5.56 Å². The number of amides is 1. The van der Waals surface area contributed by atoms with E-state index < -0.39 is 0 Å². The summed E-state index contributed by atoms with van der Waals surface area (Å²) in [7, 11) is 1.81. The van der Waals surface area contributed by atoms with E-state index in [0.717, 1.165) is 11.3 Å². The van der Waals surface area contributed by atoms with Gasteiger partial charge >= 0.3 is 0 Å². The zero-order valence-electron chi connectivity index (χ0n) is 12.8. The number of nitrogens with two attached hydrogens (primary N) is 1. The number of carbonyl (C=O) groups is 1. The molecule has 2 rings (SSSR count). The van der Waals surface area contributed by atoms with Gasteiger partial charge in [0.1, 0.15) is 0 Å². The van der Waals surface area contributed by atoms with Gasteiger partial charge in [-0.25, -0.2) is 0 Å². The largest absolute Gasteiger partial charge is 0.399 e. The van der Waals surface area contributed by atoms with Crippen LogP contribution in [0.5, 0.6) is 0 Å². The topological polar surface area (TPSA) is 46.3 Å². The fraction of sp³-hybridized carbons (Fsp3) is 0.278. The number of rotatable bonds is 4. The number of hydrogen-bond acceptors (Lipinski definition) is 2. The number of anilines is 2. The van der Waals surface area contributed by atoms with Crippen LogP contribution >= 0.6 is 0 Å². The molecule has 2 N–H and O–H groups in total. The van der Waals surface area contributed by atoms with Crippen LogP contribution < -0.4 is 10.6 Å². The molecular weight excluding hydrogens is 260 g/mol. The molecular formula is C18H22N2O. The van der Waals surface area contributed by atoms with E-state index >= 15 is 0 Å². The first-order valence-electron chi connectivity index (χ1n) is 7.18. The maximum Gasteiger partial charge on any atom is 0.231 e. The number of nitrogens with zero attached hydrogens (tertiary/aromatic N) is 1. The zero-order valence-corrected chi connectivity index (χ0v) is 12.8. The van der Waals surface area contributed by atoms with Gasteiger partial charge < -0.3 is 10.6 Å². The van der Waals surface area contributed by atoms with Gasteiger partial charge in [0, 0.05) is 18.4 Å². The second-order valence-corrected chi connectivity index (χ2v) is 5.62. The van der Waals surface area contributed by atoms with Crippen molar-refractivity contribution in [3.05, 3.63) is 59.7 Å². The maximum atomic E-state index is 12.3. The smallest absolute Gasteiger partial charge is 0.231 e. The lowest BCUT2D eigenvalue weighted by Gasteiger charge is -2.18. The number of nitrogen functional groups attached to an aromatic ring is 1. The summed E-state index contributed by atoms with van der Waals surface area (Å²) in [6.45, 7) is 4.32. The molecule has 0 saturated carbocycles. The summed E-state index contributed by atoms with van der Waals surface area (Å²) < 4.78 is 0. The number of benzene rings is 2. The lowest BCUT2D eigenvalue weighted by atomic mass is 10.0. The Balaban J connectivity index is 2.06. The average molecular weight is 282 g/mol. The minimum atomic E-state index is 0.0667. The lowest BCUT2D eigenvalue weighted by molar-refractivity contribution is -0.117. The number of likely N-dealkylation sites (N-methyl/N-ethyl adjacent to an activating group) is 1. The Morgan fingerprint density at radius 2 is 1.62 bits per heavy atom. The third-order valence-corrected chi connectivity index (χ3v) is 3.66. The van der Waals surface area contributed by atoms with Crippen LogP contribution in [0.15, 0.2) is 48.5 Å². The molecule has 0 unspecified atom stereocenters. The summed E-state index contributed by atoms with van der Waals surface area (Å²) in [4.78, 5) is 14.0. The van der Waals surface area contributed by atoms with Gasteiger partial charge in [0.25, 0.3) is 0 Å². The molecule has 0 saturated heterocycles. The van der Waals surface area contributed by atoms with Crippen LogP contribution in [0.2, 0.25) is 0 Å². The van der Waals surface area contributed by atoms with Crippen molar-refractivity contribution in [1.82, 2.24) is 0 Å². The molecule has 0 atom stereocenters. The van der Waals surface area contributed by atoms with Crippen LogP contribution in [0.1, 0.15) is 30.9 Å². The van der Waals surface area contributed by atoms with Crippen molar-refractivity contribution in [2.45, 2.75) is 26.2 Å². The molecule has 1 amide bonds. The van der Waals surface area contributed by atoms with Crippen LogP contribution in [0.25, 0.3) is 0 Å². The summed E-state index contributed by atoms with van der Waals surface area (Å²) in [6, 6.07) is 15.6. The molecule has 21 heavy (non-hydrogen) atoms. The first kappa shape index (κ1) is 15.1. The predicted molar refractivity (Wildman–Crippen MR) is 88.5 cm³/mol. The molecule has 2 aromatic rings. The Morgan fingerprint density at radius 1 is 1.05 bits per heavy atom. The van der Waals surface area contributed by atoms with E-state index in [-0.39, 0.29) is 5.91 Å². The first-order chi connectivity index (χ1) is 9.97. The Morgan fingerprint density at radius 3 is 2.14 bits per heavy atom. The highest BCUT2D eigenvalue weighted by Gasteiger charge is 2.12. The van der Waals surface area contributed by atoms with Crippen LogP contribution in [0.4, 0.5) is 11.4 Å². The molecule has 2 aromatic carbocycles. The lowest BCUT2D eigenvalue weighted by Crippen LogP contribution is -2.27. The van der Waals surface area contributed by atoms with Crippen molar-refractivity contribution in [2.75, 3.05) is 17.7 Å². The van der Waals surface area contributed by atoms with E-state index in [9.17, 15) is 4.79 Å². The average Bonchev–Trinajstić information content (AvgIpc) is 2.49. The molecule has 0 bridgehead atoms. The van der Waals surface area contributed by atoms with Gasteiger partial charge in [-0.1, -0.05) is 38.1 Å². The van der Waals surface area contributed by atoms with Crippen molar-refractivity contribution < 1.29 is 4.79 Å². The van der Waals surface area contributed by atoms with Gasteiger partial charge in [0.2, 0.25) is 5.91 Å². The van der Waals surface area contributed by atoms with E-state index in [1.807, 2.05) is 43.4 Å². The van der Waals surface area contributed by atoms with Crippen LogP contribution in [-0.2, 0) is 11.2 Å². The van der Waals surface area contributed by atoms with Crippen molar-refractivity contribution in [3.63, 3.8) is 0 Å². The summed E-state index contributed by atoms with van der Waals surface area (Å²) >= 11 is 0. The van der Waals surface area contributed by atoms with Crippen molar-refractivity contribution in [1.29, 1.82) is 0 Å². The van der Waals surface area contributed by atoms with Gasteiger partial charge in [-0.05, 0) is 41.3 Å². The molecule has 0 aromatic heterocycles. The van der Waals surface area contributed by atoms with Gasteiger partial charge in [-0.2, -0.15) is 0 Å². The highest BCUT2D eigenvalue weighted by Crippen LogP contribution is 2.20. The molecule has 0 radical (unpaired) electrons. The summed E-state index contributed by atoms with van der Waals surface area (Å²) in [6.07, 6.45) is 0.378. The molecule has 0 aliphatic carbocycles. The molecule has 0 fully saturated rings. The van der Waals surface area contributed by atoms with Crippen molar-refractivity contribution in [2.24, 2.45) is 0 Å². The summed E-state index contributed by atoms with van der Waals surface area (Å²) in [5, 5.41) is 0. The quantitative estimate of drug-likeness (QED) is 0.871. The summed E-state index contributed by atoms with van der Waals surface area (Å²) in [5.74, 6) is 0.562. The fourth-order valence-electron chi connectivity index (χ4n) is 2.16. The Hall–Kier alpha value is -2.29. The SMILES string of the molecule is CC(C)c1ccc(N(C)C(=O)Cc2ccc(N)cc2)cc1.